The number of nitrogens with one attached hydrogen (secondary N) is 2. The number of phenolic OH excluding ortho intramolecular Hbond substituents is 1. The molecule has 2 rings (SSSR count). The van der Waals surface area contributed by atoms with Gasteiger partial charge in [-0.15, -0.1) is 0 Å². The van der Waals surface area contributed by atoms with Gasteiger partial charge in [0.15, 0.2) is 0 Å². The number of urea groups is 1. The van der Waals surface area contributed by atoms with Crippen LogP contribution in [0.2, 0.25) is 0 Å². The lowest BCUT2D eigenvalue weighted by molar-refractivity contribution is 0.250. The number of primary amides is 1. The smallest absolute Gasteiger partial charge is 0.330 e. The number of hydrazine groups is 1. The Kier molecular flexibility index (Phi) is 2.32. The molecular weight excluding hydrogens is 208 g/mol. The van der Waals surface area contributed by atoms with Crippen LogP contribution in [-0.4, -0.2) is 15.7 Å². The second-order valence-corrected chi connectivity index (χ2v) is 3.47. The predicted molar refractivity (Wildman–Crippen MR) is 60.9 cm³/mol. The SMILES string of the molecule is Cn1ccc2cc(NNC(N)=O)c(O)cc21. The number of hydrogen-bond acceptors (Lipinski definition) is 3. The number of amides is 2. The number of carbonyl (C=O) groups excluding carboxylic acids is 1. The number of phenols is 1. The Bertz CT molecular complexity index is 547. The predicted octanol–water partition coefficient (Wildman–Crippen LogP) is 0.879. The summed E-state index contributed by atoms with van der Waals surface area (Å²) in [6.45, 7) is 0. The number of fused-ring (bicyclic) bond motifs is 1. The number of aryl methyl sites for hydroxylation is 1. The molecule has 0 fully saturated rings. The van der Waals surface area contributed by atoms with Crippen molar-refractivity contribution in [1.29, 1.82) is 0 Å². The summed E-state index contributed by atoms with van der Waals surface area (Å²) in [5.74, 6) is 0.0445. The normalized spacial score (nSPS) is 10.3. The van der Waals surface area contributed by atoms with E-state index in [1.807, 2.05) is 23.9 Å². The van der Waals surface area contributed by atoms with E-state index in [2.05, 4.69) is 10.9 Å². The van der Waals surface area contributed by atoms with Crippen LogP contribution < -0.4 is 16.6 Å². The van der Waals surface area contributed by atoms with Crippen LogP contribution in [-0.2, 0) is 7.05 Å². The average Bonchev–Trinajstić information content (AvgIpc) is 2.57. The molecule has 0 aliphatic rings. The van der Waals surface area contributed by atoms with E-state index in [9.17, 15) is 9.90 Å². The molecule has 1 aromatic carbocycles. The first kappa shape index (κ1) is 10.2. The van der Waals surface area contributed by atoms with Gasteiger partial charge < -0.3 is 15.4 Å². The molecule has 0 unspecified atom stereocenters. The van der Waals surface area contributed by atoms with Crippen LogP contribution in [0.5, 0.6) is 5.75 Å². The zero-order valence-electron chi connectivity index (χ0n) is 8.69. The molecule has 0 saturated heterocycles. The summed E-state index contributed by atoms with van der Waals surface area (Å²) in [7, 11) is 1.89. The van der Waals surface area contributed by atoms with E-state index in [1.54, 1.807) is 12.1 Å². The number of hydrogen-bond donors (Lipinski definition) is 4. The van der Waals surface area contributed by atoms with Crippen LogP contribution in [0.3, 0.4) is 0 Å². The second kappa shape index (κ2) is 3.65. The maximum Gasteiger partial charge on any atom is 0.330 e. The minimum Gasteiger partial charge on any atom is -0.506 e. The zero-order valence-corrected chi connectivity index (χ0v) is 8.69. The van der Waals surface area contributed by atoms with E-state index in [0.29, 0.717) is 5.69 Å². The van der Waals surface area contributed by atoms with Gasteiger partial charge >= 0.3 is 6.03 Å². The summed E-state index contributed by atoms with van der Waals surface area (Å²) in [6.07, 6.45) is 1.88. The Morgan fingerprint density at radius 1 is 1.50 bits per heavy atom. The fraction of sp³-hybridized carbons (Fsp3) is 0.100. The fourth-order valence-corrected chi connectivity index (χ4v) is 1.53. The molecule has 0 spiro atoms. The van der Waals surface area contributed by atoms with Crippen LogP contribution in [0.1, 0.15) is 0 Å². The van der Waals surface area contributed by atoms with Gasteiger partial charge in [0, 0.05) is 24.7 Å². The number of aromatic nitrogens is 1. The van der Waals surface area contributed by atoms with Gasteiger partial charge in [-0.25, -0.2) is 4.79 Å². The highest BCUT2D eigenvalue weighted by Gasteiger charge is 2.06. The lowest BCUT2D eigenvalue weighted by atomic mass is 10.2. The summed E-state index contributed by atoms with van der Waals surface area (Å²) < 4.78 is 1.89. The van der Waals surface area contributed by atoms with E-state index in [4.69, 9.17) is 5.73 Å². The van der Waals surface area contributed by atoms with Crippen molar-refractivity contribution in [2.75, 3.05) is 5.43 Å². The van der Waals surface area contributed by atoms with Crippen LogP contribution in [0.15, 0.2) is 24.4 Å². The molecule has 0 aliphatic carbocycles. The molecule has 0 radical (unpaired) electrons. The minimum atomic E-state index is -0.715. The summed E-state index contributed by atoms with van der Waals surface area (Å²) in [4.78, 5) is 10.5. The number of benzene rings is 1. The molecule has 0 bridgehead atoms. The van der Waals surface area contributed by atoms with Crippen LogP contribution in [0.4, 0.5) is 10.5 Å². The van der Waals surface area contributed by atoms with Crippen LogP contribution in [0.25, 0.3) is 10.9 Å². The molecule has 6 heteroatoms. The summed E-state index contributed by atoms with van der Waals surface area (Å²) in [6, 6.07) is 4.53. The molecule has 5 N–H and O–H groups in total. The summed E-state index contributed by atoms with van der Waals surface area (Å²) >= 11 is 0. The van der Waals surface area contributed by atoms with Gasteiger partial charge in [0.2, 0.25) is 0 Å². The molecular formula is C10H12N4O2. The molecule has 0 atom stereocenters. The Hall–Kier alpha value is -2.37. The van der Waals surface area contributed by atoms with Crippen molar-refractivity contribution in [3.8, 4) is 5.75 Å². The molecule has 0 aliphatic heterocycles. The second-order valence-electron chi connectivity index (χ2n) is 3.47. The van der Waals surface area contributed by atoms with Crippen molar-refractivity contribution in [2.24, 2.45) is 12.8 Å². The first-order chi connectivity index (χ1) is 7.58. The number of nitrogens with two attached hydrogens (primary N) is 1. The standard InChI is InChI=1S/C10H12N4O2/c1-14-3-2-6-4-7(12-13-10(11)16)9(15)5-8(6)14/h2-5,12,15H,1H3,(H3,11,13,16). The van der Waals surface area contributed by atoms with E-state index >= 15 is 0 Å². The van der Waals surface area contributed by atoms with Crippen LogP contribution in [0, 0.1) is 0 Å². The summed E-state index contributed by atoms with van der Waals surface area (Å²) in [5.41, 5.74) is 10.9. The molecule has 2 aromatic rings. The maximum atomic E-state index is 10.5. The quantitative estimate of drug-likeness (QED) is 0.447. The van der Waals surface area contributed by atoms with Gasteiger partial charge in [-0.05, 0) is 12.1 Å². The topological polar surface area (TPSA) is 92.3 Å². The van der Waals surface area contributed by atoms with E-state index in [1.165, 1.54) is 0 Å². The van der Waals surface area contributed by atoms with Gasteiger partial charge in [0.05, 0.1) is 11.2 Å². The van der Waals surface area contributed by atoms with Gasteiger partial charge in [0.1, 0.15) is 5.75 Å². The number of carbonyl (C=O) groups is 1. The molecule has 84 valence electrons. The Balaban J connectivity index is 2.39. The van der Waals surface area contributed by atoms with Crippen molar-refractivity contribution < 1.29 is 9.90 Å². The third-order valence-electron chi connectivity index (χ3n) is 2.32. The largest absolute Gasteiger partial charge is 0.506 e. The van der Waals surface area contributed by atoms with E-state index in [-0.39, 0.29) is 5.75 Å². The number of rotatable bonds is 2. The van der Waals surface area contributed by atoms with Gasteiger partial charge in [0.25, 0.3) is 0 Å². The highest BCUT2D eigenvalue weighted by Crippen LogP contribution is 2.28. The molecule has 16 heavy (non-hydrogen) atoms. The van der Waals surface area contributed by atoms with Gasteiger partial charge in [-0.3, -0.25) is 10.9 Å². The monoisotopic (exact) mass is 220 g/mol. The van der Waals surface area contributed by atoms with Crippen molar-refractivity contribution in [3.63, 3.8) is 0 Å². The number of aromatic hydroxyl groups is 1. The third kappa shape index (κ3) is 1.72. The van der Waals surface area contributed by atoms with Gasteiger partial charge in [-0.1, -0.05) is 0 Å². The third-order valence-corrected chi connectivity index (χ3v) is 2.32. The Morgan fingerprint density at radius 2 is 2.25 bits per heavy atom. The van der Waals surface area contributed by atoms with Crippen LogP contribution >= 0.6 is 0 Å². The highest BCUT2D eigenvalue weighted by molar-refractivity contribution is 5.87. The highest BCUT2D eigenvalue weighted by atomic mass is 16.3. The molecule has 1 aromatic heterocycles. The lowest BCUT2D eigenvalue weighted by Crippen LogP contribution is -2.34. The van der Waals surface area contributed by atoms with Crippen molar-refractivity contribution in [3.05, 3.63) is 24.4 Å². The first-order valence-electron chi connectivity index (χ1n) is 4.67. The van der Waals surface area contributed by atoms with Gasteiger partial charge in [-0.2, -0.15) is 0 Å². The fourth-order valence-electron chi connectivity index (χ4n) is 1.53. The molecule has 1 heterocycles. The number of nitrogens with zero attached hydrogens (tertiary/aromatic N) is 1. The minimum absolute atomic E-state index is 0.0445. The van der Waals surface area contributed by atoms with Crippen molar-refractivity contribution in [1.82, 2.24) is 9.99 Å². The molecule has 0 saturated carbocycles. The maximum absolute atomic E-state index is 10.5. The lowest BCUT2D eigenvalue weighted by Gasteiger charge is -2.08. The van der Waals surface area contributed by atoms with E-state index in [0.717, 1.165) is 10.9 Å². The Morgan fingerprint density at radius 3 is 2.94 bits per heavy atom. The first-order valence-corrected chi connectivity index (χ1v) is 4.67. The van der Waals surface area contributed by atoms with E-state index < -0.39 is 6.03 Å². The molecule has 6 nitrogen and oxygen atoms in total. The Labute approximate surface area is 91.6 Å². The van der Waals surface area contributed by atoms with Crippen molar-refractivity contribution >= 4 is 22.6 Å². The summed E-state index contributed by atoms with van der Waals surface area (Å²) in [5, 5.41) is 10.6. The van der Waals surface area contributed by atoms with Crippen molar-refractivity contribution in [2.45, 2.75) is 0 Å². The average molecular weight is 220 g/mol. The number of anilines is 1. The zero-order chi connectivity index (χ0) is 11.7. The molecule has 2 amide bonds.